The molecule has 0 bridgehead atoms. The summed E-state index contributed by atoms with van der Waals surface area (Å²) in [6, 6.07) is 1.68. The second-order valence-electron chi connectivity index (χ2n) is 5.57. The van der Waals surface area contributed by atoms with Crippen LogP contribution in [0.1, 0.15) is 45.9 Å². The second-order valence-corrected chi connectivity index (χ2v) is 5.57. The summed E-state index contributed by atoms with van der Waals surface area (Å²) >= 11 is 0. The largest absolute Gasteiger partial charge is 0.384 e. The first kappa shape index (κ1) is 16.2. The van der Waals surface area contributed by atoms with Crippen LogP contribution >= 0.6 is 0 Å². The van der Waals surface area contributed by atoms with E-state index in [1.165, 1.54) is 0 Å². The number of carbonyl (C=O) groups is 1. The van der Waals surface area contributed by atoms with Crippen molar-refractivity contribution in [1.82, 2.24) is 15.3 Å². The van der Waals surface area contributed by atoms with Gasteiger partial charge in [0.05, 0.1) is 0 Å². The van der Waals surface area contributed by atoms with E-state index in [0.29, 0.717) is 42.9 Å². The average Bonchev–Trinajstić information content (AvgIpc) is 2.35. The molecule has 1 heterocycles. The van der Waals surface area contributed by atoms with Crippen molar-refractivity contribution in [2.45, 2.75) is 40.0 Å². The van der Waals surface area contributed by atoms with Crippen molar-refractivity contribution in [3.63, 3.8) is 0 Å². The number of nitrogens with zero attached hydrogens (tertiary/aromatic N) is 2. The van der Waals surface area contributed by atoms with Crippen LogP contribution in [0, 0.1) is 5.92 Å². The molecule has 1 amide bonds. The van der Waals surface area contributed by atoms with E-state index in [4.69, 9.17) is 5.73 Å². The topological polar surface area (TPSA) is 92.9 Å². The van der Waals surface area contributed by atoms with Crippen LogP contribution in [0.3, 0.4) is 0 Å². The molecule has 0 aliphatic carbocycles. The maximum atomic E-state index is 11.6. The molecule has 6 nitrogen and oxygen atoms in total. The molecule has 0 aromatic carbocycles. The fourth-order valence-corrected chi connectivity index (χ4v) is 1.54. The van der Waals surface area contributed by atoms with E-state index >= 15 is 0 Å². The van der Waals surface area contributed by atoms with Crippen molar-refractivity contribution in [3.05, 3.63) is 11.9 Å². The first-order chi connectivity index (χ1) is 9.38. The van der Waals surface area contributed by atoms with Gasteiger partial charge in [-0.15, -0.1) is 0 Å². The van der Waals surface area contributed by atoms with Crippen LogP contribution in [0.25, 0.3) is 0 Å². The van der Waals surface area contributed by atoms with Gasteiger partial charge in [-0.25, -0.2) is 9.97 Å². The Kier molecular flexibility index (Phi) is 6.21. The lowest BCUT2D eigenvalue weighted by molar-refractivity contribution is -0.120. The van der Waals surface area contributed by atoms with Gasteiger partial charge in [0, 0.05) is 31.5 Å². The molecule has 0 atom stereocenters. The molecule has 0 unspecified atom stereocenters. The summed E-state index contributed by atoms with van der Waals surface area (Å²) in [5.74, 6) is 2.53. The van der Waals surface area contributed by atoms with Crippen LogP contribution in [0.5, 0.6) is 0 Å². The lowest BCUT2D eigenvalue weighted by Crippen LogP contribution is -2.28. The minimum atomic E-state index is 0.0392. The number of hydrogen-bond acceptors (Lipinski definition) is 5. The Morgan fingerprint density at radius 3 is 2.60 bits per heavy atom. The minimum absolute atomic E-state index is 0.0392. The number of aromatic nitrogens is 2. The van der Waals surface area contributed by atoms with Gasteiger partial charge in [0.15, 0.2) is 0 Å². The number of hydrogen-bond donors (Lipinski definition) is 3. The zero-order chi connectivity index (χ0) is 15.1. The Bertz CT molecular complexity index is 445. The molecule has 1 rings (SSSR count). The van der Waals surface area contributed by atoms with E-state index in [1.807, 2.05) is 13.8 Å². The third-order valence-corrected chi connectivity index (χ3v) is 2.65. The molecule has 0 aliphatic heterocycles. The van der Waals surface area contributed by atoms with E-state index in [-0.39, 0.29) is 11.8 Å². The maximum absolute atomic E-state index is 11.6. The fraction of sp³-hybridized carbons (Fsp3) is 0.643. The Morgan fingerprint density at radius 1 is 1.30 bits per heavy atom. The van der Waals surface area contributed by atoms with Crippen molar-refractivity contribution in [2.75, 3.05) is 24.1 Å². The molecule has 0 spiro atoms. The summed E-state index contributed by atoms with van der Waals surface area (Å²) in [5, 5.41) is 5.98. The molecular weight excluding hydrogens is 254 g/mol. The van der Waals surface area contributed by atoms with Crippen LogP contribution in [-0.4, -0.2) is 29.0 Å². The fourth-order valence-electron chi connectivity index (χ4n) is 1.54. The van der Waals surface area contributed by atoms with Gasteiger partial charge in [-0.3, -0.25) is 4.79 Å². The third-order valence-electron chi connectivity index (χ3n) is 2.65. The predicted molar refractivity (Wildman–Crippen MR) is 81.5 cm³/mol. The molecule has 20 heavy (non-hydrogen) atoms. The van der Waals surface area contributed by atoms with Crippen molar-refractivity contribution in [3.8, 4) is 0 Å². The van der Waals surface area contributed by atoms with Crippen molar-refractivity contribution in [2.24, 2.45) is 5.92 Å². The molecule has 0 radical (unpaired) electrons. The Hall–Kier alpha value is -1.85. The van der Waals surface area contributed by atoms with Crippen LogP contribution < -0.4 is 16.4 Å². The standard InChI is InChI=1S/C14H25N5O/c1-9(2)8-17-13(20)5-6-16-12-7-11(15)18-14(19-12)10(3)4/h7,9-10H,5-6,8H2,1-4H3,(H,17,20)(H3,15,16,18,19). The highest BCUT2D eigenvalue weighted by molar-refractivity contribution is 5.76. The predicted octanol–water partition coefficient (Wildman–Crippen LogP) is 1.76. The molecule has 1 aromatic heterocycles. The molecule has 4 N–H and O–H groups in total. The number of anilines is 2. The molecule has 112 valence electrons. The maximum Gasteiger partial charge on any atom is 0.221 e. The van der Waals surface area contributed by atoms with Gasteiger partial charge in [-0.2, -0.15) is 0 Å². The summed E-state index contributed by atoms with van der Waals surface area (Å²) in [4.78, 5) is 20.1. The van der Waals surface area contributed by atoms with Crippen molar-refractivity contribution < 1.29 is 4.79 Å². The third kappa shape index (κ3) is 5.86. The first-order valence-electron chi connectivity index (χ1n) is 7.03. The SMILES string of the molecule is CC(C)CNC(=O)CCNc1cc(N)nc(C(C)C)n1. The van der Waals surface area contributed by atoms with E-state index in [0.717, 1.165) is 0 Å². The van der Waals surface area contributed by atoms with Crippen LogP contribution in [0.2, 0.25) is 0 Å². The highest BCUT2D eigenvalue weighted by atomic mass is 16.1. The average molecular weight is 279 g/mol. The number of rotatable bonds is 7. The number of carbonyl (C=O) groups excluding carboxylic acids is 1. The van der Waals surface area contributed by atoms with E-state index in [2.05, 4.69) is 34.4 Å². The minimum Gasteiger partial charge on any atom is -0.384 e. The van der Waals surface area contributed by atoms with Gasteiger partial charge in [0.25, 0.3) is 0 Å². The lowest BCUT2D eigenvalue weighted by Gasteiger charge is -2.11. The number of amides is 1. The van der Waals surface area contributed by atoms with Crippen LogP contribution in [0.15, 0.2) is 6.07 Å². The van der Waals surface area contributed by atoms with E-state index < -0.39 is 0 Å². The van der Waals surface area contributed by atoms with Gasteiger partial charge in [-0.05, 0) is 5.92 Å². The first-order valence-corrected chi connectivity index (χ1v) is 7.03. The molecule has 6 heteroatoms. The number of nitrogens with two attached hydrogens (primary N) is 1. The van der Waals surface area contributed by atoms with Crippen LogP contribution in [0.4, 0.5) is 11.6 Å². The summed E-state index contributed by atoms with van der Waals surface area (Å²) < 4.78 is 0. The highest BCUT2D eigenvalue weighted by Gasteiger charge is 2.07. The molecule has 0 aliphatic rings. The van der Waals surface area contributed by atoms with Gasteiger partial charge < -0.3 is 16.4 Å². The van der Waals surface area contributed by atoms with Gasteiger partial charge in [0.1, 0.15) is 17.5 Å². The quantitative estimate of drug-likeness (QED) is 0.707. The van der Waals surface area contributed by atoms with Crippen molar-refractivity contribution >= 4 is 17.5 Å². The smallest absolute Gasteiger partial charge is 0.221 e. The molecule has 0 saturated heterocycles. The Morgan fingerprint density at radius 2 is 2.00 bits per heavy atom. The summed E-state index contributed by atoms with van der Waals surface area (Å²) in [6.07, 6.45) is 0.410. The normalized spacial score (nSPS) is 10.9. The second kappa shape index (κ2) is 7.67. The van der Waals surface area contributed by atoms with Gasteiger partial charge >= 0.3 is 0 Å². The van der Waals surface area contributed by atoms with Crippen LogP contribution in [-0.2, 0) is 4.79 Å². The highest BCUT2D eigenvalue weighted by Crippen LogP contribution is 2.14. The lowest BCUT2D eigenvalue weighted by atomic mass is 10.2. The van der Waals surface area contributed by atoms with E-state index in [9.17, 15) is 4.79 Å². The van der Waals surface area contributed by atoms with E-state index in [1.54, 1.807) is 6.07 Å². The summed E-state index contributed by atoms with van der Waals surface area (Å²) in [7, 11) is 0. The Labute approximate surface area is 120 Å². The zero-order valence-electron chi connectivity index (χ0n) is 12.7. The number of nitrogen functional groups attached to an aromatic ring is 1. The van der Waals surface area contributed by atoms with Gasteiger partial charge in [-0.1, -0.05) is 27.7 Å². The Balaban J connectivity index is 2.44. The van der Waals surface area contributed by atoms with Crippen molar-refractivity contribution in [1.29, 1.82) is 0 Å². The van der Waals surface area contributed by atoms with Gasteiger partial charge in [0.2, 0.25) is 5.91 Å². The zero-order valence-corrected chi connectivity index (χ0v) is 12.7. The summed E-state index contributed by atoms with van der Waals surface area (Å²) in [5.41, 5.74) is 5.74. The molecular formula is C14H25N5O. The molecule has 0 fully saturated rings. The molecule has 0 saturated carbocycles. The molecule has 1 aromatic rings. The summed E-state index contributed by atoms with van der Waals surface area (Å²) in [6.45, 7) is 9.38. The monoisotopic (exact) mass is 279 g/mol. The number of nitrogens with one attached hydrogen (secondary N) is 2.